The van der Waals surface area contributed by atoms with E-state index in [9.17, 15) is 0 Å². The second-order valence-electron chi connectivity index (χ2n) is 2.98. The van der Waals surface area contributed by atoms with Crippen LogP contribution in [0.25, 0.3) is 10.9 Å². The van der Waals surface area contributed by atoms with Crippen LogP contribution >= 0.6 is 0 Å². The smallest absolute Gasteiger partial charge is 0.139 e. The van der Waals surface area contributed by atoms with E-state index in [1.54, 1.807) is 13.3 Å². The summed E-state index contributed by atoms with van der Waals surface area (Å²) in [4.78, 5) is 11.1. The first kappa shape index (κ1) is 8.69. The SMILES string of the molecule is C=Nc1[nH]c2ccccc2c1/C=N\C. The molecule has 3 heteroatoms. The number of aromatic amines is 1. The fourth-order valence-electron chi connectivity index (χ4n) is 1.53. The van der Waals surface area contributed by atoms with Crippen molar-refractivity contribution in [3.8, 4) is 0 Å². The molecule has 3 nitrogen and oxygen atoms in total. The van der Waals surface area contributed by atoms with E-state index in [1.165, 1.54) is 0 Å². The van der Waals surface area contributed by atoms with Crippen LogP contribution in [0.1, 0.15) is 5.56 Å². The van der Waals surface area contributed by atoms with Crippen molar-refractivity contribution in [3.63, 3.8) is 0 Å². The number of para-hydroxylation sites is 1. The Bertz CT molecular complexity index is 494. The quantitative estimate of drug-likeness (QED) is 0.698. The molecule has 0 fully saturated rings. The summed E-state index contributed by atoms with van der Waals surface area (Å²) in [6.45, 7) is 3.53. The van der Waals surface area contributed by atoms with Gasteiger partial charge in [-0.05, 0) is 12.8 Å². The number of nitrogens with one attached hydrogen (secondary N) is 1. The molecule has 1 aromatic heterocycles. The summed E-state index contributed by atoms with van der Waals surface area (Å²) in [6, 6.07) is 8.03. The Kier molecular flexibility index (Phi) is 2.14. The molecule has 70 valence electrons. The molecule has 0 unspecified atom stereocenters. The molecule has 2 rings (SSSR count). The average Bonchev–Trinajstić information content (AvgIpc) is 2.58. The molecular formula is C11H11N3. The summed E-state index contributed by atoms with van der Waals surface area (Å²) in [6.07, 6.45) is 1.79. The van der Waals surface area contributed by atoms with Gasteiger partial charge in [0.15, 0.2) is 0 Å². The van der Waals surface area contributed by atoms with Crippen LogP contribution in [0.15, 0.2) is 34.3 Å². The molecule has 0 aliphatic heterocycles. The monoisotopic (exact) mass is 185 g/mol. The van der Waals surface area contributed by atoms with E-state index in [1.807, 2.05) is 24.3 Å². The number of fused-ring (bicyclic) bond motifs is 1. The lowest BCUT2D eigenvalue weighted by Crippen LogP contribution is -1.77. The van der Waals surface area contributed by atoms with Gasteiger partial charge >= 0.3 is 0 Å². The van der Waals surface area contributed by atoms with Crippen LogP contribution in [-0.2, 0) is 0 Å². The maximum absolute atomic E-state index is 4.00. The van der Waals surface area contributed by atoms with Crippen molar-refractivity contribution in [1.29, 1.82) is 0 Å². The molecule has 0 bridgehead atoms. The third-order valence-electron chi connectivity index (χ3n) is 2.14. The predicted octanol–water partition coefficient (Wildman–Crippen LogP) is 2.55. The largest absolute Gasteiger partial charge is 0.339 e. The Morgan fingerprint density at radius 1 is 1.36 bits per heavy atom. The molecule has 0 amide bonds. The third-order valence-corrected chi connectivity index (χ3v) is 2.14. The average molecular weight is 185 g/mol. The molecule has 1 aromatic carbocycles. The number of rotatable bonds is 2. The normalized spacial score (nSPS) is 11.2. The molecule has 2 aromatic rings. The van der Waals surface area contributed by atoms with E-state index in [-0.39, 0.29) is 0 Å². The van der Waals surface area contributed by atoms with E-state index >= 15 is 0 Å². The fourth-order valence-corrected chi connectivity index (χ4v) is 1.53. The van der Waals surface area contributed by atoms with Crippen LogP contribution in [0, 0.1) is 0 Å². The third kappa shape index (κ3) is 1.23. The predicted molar refractivity (Wildman–Crippen MR) is 61.0 cm³/mol. The molecule has 1 heterocycles. The van der Waals surface area contributed by atoms with Crippen molar-refractivity contribution in [2.45, 2.75) is 0 Å². The zero-order valence-corrected chi connectivity index (χ0v) is 7.99. The maximum Gasteiger partial charge on any atom is 0.139 e. The number of aromatic nitrogens is 1. The Morgan fingerprint density at radius 2 is 2.14 bits per heavy atom. The minimum atomic E-state index is 0.775. The van der Waals surface area contributed by atoms with E-state index in [0.717, 1.165) is 22.3 Å². The van der Waals surface area contributed by atoms with E-state index < -0.39 is 0 Å². The van der Waals surface area contributed by atoms with E-state index in [2.05, 4.69) is 21.7 Å². The van der Waals surface area contributed by atoms with E-state index in [0.29, 0.717) is 0 Å². The van der Waals surface area contributed by atoms with Gasteiger partial charge in [0.1, 0.15) is 5.82 Å². The Balaban J connectivity index is 2.80. The molecule has 0 radical (unpaired) electrons. The summed E-state index contributed by atoms with van der Waals surface area (Å²) < 4.78 is 0. The second kappa shape index (κ2) is 3.46. The van der Waals surface area contributed by atoms with Gasteiger partial charge in [0.05, 0.1) is 0 Å². The first-order valence-corrected chi connectivity index (χ1v) is 4.36. The Labute approximate surface area is 82.2 Å². The molecule has 0 saturated heterocycles. The standard InChI is InChI=1S/C11H11N3/c1-12-7-9-8-5-3-4-6-10(8)14-11(9)13-2/h3-7,14H,2H2,1H3/b12-7-. The number of aliphatic imine (C=N–C) groups is 2. The topological polar surface area (TPSA) is 40.5 Å². The summed E-state index contributed by atoms with van der Waals surface area (Å²) >= 11 is 0. The van der Waals surface area contributed by atoms with Crippen LogP contribution in [-0.4, -0.2) is 25.0 Å². The molecule has 0 aliphatic rings. The first-order valence-electron chi connectivity index (χ1n) is 4.36. The lowest BCUT2D eigenvalue weighted by molar-refractivity contribution is 1.38. The first-order chi connectivity index (χ1) is 6.86. The number of nitrogens with zero attached hydrogens (tertiary/aromatic N) is 2. The van der Waals surface area contributed by atoms with Crippen LogP contribution in [0.4, 0.5) is 5.82 Å². The van der Waals surface area contributed by atoms with Crippen molar-refractivity contribution in [2.75, 3.05) is 7.05 Å². The zero-order valence-electron chi connectivity index (χ0n) is 7.99. The molecule has 0 saturated carbocycles. The van der Waals surface area contributed by atoms with Crippen LogP contribution in [0.2, 0.25) is 0 Å². The van der Waals surface area contributed by atoms with Gasteiger partial charge in [0, 0.05) is 29.7 Å². The van der Waals surface area contributed by atoms with Crippen molar-refractivity contribution in [1.82, 2.24) is 4.98 Å². The van der Waals surface area contributed by atoms with Gasteiger partial charge in [-0.2, -0.15) is 0 Å². The van der Waals surface area contributed by atoms with Crippen molar-refractivity contribution in [3.05, 3.63) is 29.8 Å². The van der Waals surface area contributed by atoms with Crippen LogP contribution in [0.5, 0.6) is 0 Å². The summed E-state index contributed by atoms with van der Waals surface area (Å²) in [7, 11) is 1.74. The van der Waals surface area contributed by atoms with E-state index in [4.69, 9.17) is 0 Å². The molecule has 0 spiro atoms. The van der Waals surface area contributed by atoms with Crippen LogP contribution in [0.3, 0.4) is 0 Å². The highest BCUT2D eigenvalue weighted by molar-refractivity contribution is 6.04. The van der Waals surface area contributed by atoms with Gasteiger partial charge in [-0.15, -0.1) is 0 Å². The van der Waals surface area contributed by atoms with Gasteiger partial charge in [-0.1, -0.05) is 18.2 Å². The molecule has 1 N–H and O–H groups in total. The highest BCUT2D eigenvalue weighted by Gasteiger charge is 2.06. The number of hydrogen-bond donors (Lipinski definition) is 1. The van der Waals surface area contributed by atoms with Crippen molar-refractivity contribution < 1.29 is 0 Å². The van der Waals surface area contributed by atoms with Crippen molar-refractivity contribution in [2.24, 2.45) is 9.98 Å². The zero-order chi connectivity index (χ0) is 9.97. The van der Waals surface area contributed by atoms with Gasteiger partial charge in [-0.25, -0.2) is 4.99 Å². The highest BCUT2D eigenvalue weighted by atomic mass is 14.9. The fraction of sp³-hybridized carbons (Fsp3) is 0.0909. The van der Waals surface area contributed by atoms with Gasteiger partial charge < -0.3 is 4.98 Å². The second-order valence-corrected chi connectivity index (χ2v) is 2.98. The molecule has 14 heavy (non-hydrogen) atoms. The minimum Gasteiger partial charge on any atom is -0.339 e. The molecule has 0 aliphatic carbocycles. The van der Waals surface area contributed by atoms with Crippen molar-refractivity contribution >= 4 is 29.7 Å². The van der Waals surface area contributed by atoms with Crippen LogP contribution < -0.4 is 0 Å². The number of benzene rings is 1. The maximum atomic E-state index is 4.00. The van der Waals surface area contributed by atoms with Gasteiger partial charge in [0.25, 0.3) is 0 Å². The lowest BCUT2D eigenvalue weighted by atomic mass is 10.2. The lowest BCUT2D eigenvalue weighted by Gasteiger charge is -1.90. The summed E-state index contributed by atoms with van der Waals surface area (Å²) in [5.41, 5.74) is 2.06. The molecule has 0 atom stereocenters. The van der Waals surface area contributed by atoms with Gasteiger partial charge in [0.2, 0.25) is 0 Å². The minimum absolute atomic E-state index is 0.775. The summed E-state index contributed by atoms with van der Waals surface area (Å²) in [5, 5.41) is 1.13. The van der Waals surface area contributed by atoms with Gasteiger partial charge in [-0.3, -0.25) is 4.99 Å². The number of hydrogen-bond acceptors (Lipinski definition) is 2. The Morgan fingerprint density at radius 3 is 2.86 bits per heavy atom. The Hall–Kier alpha value is -1.90. The number of H-pyrrole nitrogens is 1. The summed E-state index contributed by atoms with van der Waals surface area (Å²) in [5.74, 6) is 0.775. The highest BCUT2D eigenvalue weighted by Crippen LogP contribution is 2.26. The molecular weight excluding hydrogens is 174 g/mol.